The summed E-state index contributed by atoms with van der Waals surface area (Å²) < 4.78 is 0. The van der Waals surface area contributed by atoms with Crippen LogP contribution in [0.5, 0.6) is 0 Å². The van der Waals surface area contributed by atoms with Crippen molar-refractivity contribution in [2.24, 2.45) is 0 Å². The predicted molar refractivity (Wildman–Crippen MR) is 193 cm³/mol. The summed E-state index contributed by atoms with van der Waals surface area (Å²) in [5.74, 6) is 0. The molecule has 0 aliphatic rings. The van der Waals surface area contributed by atoms with Crippen molar-refractivity contribution in [1.29, 1.82) is 5.41 Å². The Morgan fingerprint density at radius 1 is 0.500 bits per heavy atom. The second kappa shape index (κ2) is 12.0. The Labute approximate surface area is 260 Å². The molecule has 0 aliphatic heterocycles. The first-order valence-electron chi connectivity index (χ1n) is 14.9. The highest BCUT2D eigenvalue weighted by Gasteiger charge is 2.19. The lowest BCUT2D eigenvalue weighted by molar-refractivity contribution is 1.44. The molecular formula is C43H35N. The van der Waals surface area contributed by atoms with Gasteiger partial charge in [-0.25, -0.2) is 0 Å². The smallest absolute Gasteiger partial charge is 0.0635 e. The first-order valence-corrected chi connectivity index (χ1v) is 14.9. The van der Waals surface area contributed by atoms with E-state index in [9.17, 15) is 0 Å². The summed E-state index contributed by atoms with van der Waals surface area (Å²) in [6, 6.07) is 48.0. The predicted octanol–water partition coefficient (Wildman–Crippen LogP) is 12.2. The number of nitrogens with one attached hydrogen (secondary N) is 1. The molecule has 0 heterocycles. The van der Waals surface area contributed by atoms with Crippen LogP contribution in [0.1, 0.15) is 18.1 Å². The normalized spacial score (nSPS) is 10.9. The zero-order valence-corrected chi connectivity index (χ0v) is 25.3. The van der Waals surface area contributed by atoms with Crippen LogP contribution in [0.15, 0.2) is 159 Å². The van der Waals surface area contributed by atoms with E-state index in [-0.39, 0.29) is 0 Å². The van der Waals surface area contributed by atoms with E-state index in [1.54, 1.807) is 0 Å². The molecule has 1 nitrogen and oxygen atoms in total. The lowest BCUT2D eigenvalue weighted by atomic mass is 9.83. The molecule has 0 saturated carbocycles. The maximum absolute atomic E-state index is 8.58. The molecule has 0 aliphatic carbocycles. The minimum Gasteiger partial charge on any atom is -0.300 e. The molecule has 212 valence electrons. The monoisotopic (exact) mass is 565 g/mol. The van der Waals surface area contributed by atoms with Crippen molar-refractivity contribution in [2.75, 3.05) is 0 Å². The average Bonchev–Trinajstić information content (AvgIpc) is 3.08. The van der Waals surface area contributed by atoms with E-state index < -0.39 is 0 Å². The molecule has 44 heavy (non-hydrogen) atoms. The lowest BCUT2D eigenvalue weighted by Crippen LogP contribution is -2.00. The molecule has 0 amide bonds. The van der Waals surface area contributed by atoms with Crippen molar-refractivity contribution in [3.63, 3.8) is 0 Å². The molecule has 0 radical (unpaired) electrons. The summed E-state index contributed by atoms with van der Waals surface area (Å²) in [4.78, 5) is 0. The van der Waals surface area contributed by atoms with E-state index in [1.807, 2.05) is 13.0 Å². The zero-order chi connectivity index (χ0) is 30.8. The molecule has 0 fully saturated rings. The highest BCUT2D eigenvalue weighted by atomic mass is 14.4. The molecule has 0 atom stereocenters. The summed E-state index contributed by atoms with van der Waals surface area (Å²) in [5, 5.41) is 15.9. The second-order valence-electron chi connectivity index (χ2n) is 11.1. The van der Waals surface area contributed by atoms with Crippen LogP contribution in [-0.4, -0.2) is 5.71 Å². The standard InChI is InChI=1S/C41H31N.C2H4/c1-26(2)41(42)30-12-10-11-29(25-30)39-34-15-6-8-17-36(34)40(37-18-9-7-16-35(37)39)38-24-23-31(28-21-19-27(3)20-22-28)32-13-4-5-14-33(32)38;1-2/h4-25,42H,1H2,2-3H3;1-2H2. The number of aryl methyl sites for hydroxylation is 1. The van der Waals surface area contributed by atoms with Gasteiger partial charge in [0.15, 0.2) is 0 Å². The minimum atomic E-state index is 0.474. The van der Waals surface area contributed by atoms with E-state index in [4.69, 9.17) is 5.41 Å². The van der Waals surface area contributed by atoms with E-state index in [0.717, 1.165) is 16.7 Å². The van der Waals surface area contributed by atoms with Gasteiger partial charge in [0.2, 0.25) is 0 Å². The Balaban J connectivity index is 0.00000168. The fourth-order valence-electron chi connectivity index (χ4n) is 6.31. The van der Waals surface area contributed by atoms with Gasteiger partial charge in [0.25, 0.3) is 0 Å². The minimum absolute atomic E-state index is 0.474. The van der Waals surface area contributed by atoms with E-state index in [2.05, 4.69) is 154 Å². The first kappa shape index (κ1) is 28.6. The number of fused-ring (bicyclic) bond motifs is 3. The third-order valence-electron chi connectivity index (χ3n) is 8.35. The third kappa shape index (κ3) is 4.93. The van der Waals surface area contributed by atoms with Crippen LogP contribution >= 0.6 is 0 Å². The summed E-state index contributed by atoms with van der Waals surface area (Å²) in [5.41, 5.74) is 10.7. The highest BCUT2D eigenvalue weighted by molar-refractivity contribution is 6.24. The Morgan fingerprint density at radius 2 is 0.977 bits per heavy atom. The zero-order valence-electron chi connectivity index (χ0n) is 25.3. The molecule has 0 spiro atoms. The maximum Gasteiger partial charge on any atom is 0.0635 e. The third-order valence-corrected chi connectivity index (χ3v) is 8.35. The summed E-state index contributed by atoms with van der Waals surface area (Å²) in [6.07, 6.45) is 0. The van der Waals surface area contributed by atoms with Gasteiger partial charge < -0.3 is 5.41 Å². The number of rotatable bonds is 5. The van der Waals surface area contributed by atoms with Crippen molar-refractivity contribution in [3.05, 3.63) is 170 Å². The summed E-state index contributed by atoms with van der Waals surface area (Å²) >= 11 is 0. The molecule has 7 rings (SSSR count). The molecule has 7 aromatic rings. The Bertz CT molecular complexity index is 2140. The maximum atomic E-state index is 8.58. The molecule has 0 bridgehead atoms. The van der Waals surface area contributed by atoms with E-state index >= 15 is 0 Å². The quantitative estimate of drug-likeness (QED) is 0.122. The highest BCUT2D eigenvalue weighted by Crippen LogP contribution is 2.46. The average molecular weight is 566 g/mol. The number of benzene rings is 7. The van der Waals surface area contributed by atoms with Crippen LogP contribution in [-0.2, 0) is 0 Å². The van der Waals surface area contributed by atoms with Gasteiger partial charge in [-0.1, -0.05) is 140 Å². The Hall–Kier alpha value is -5.53. The topological polar surface area (TPSA) is 23.9 Å². The van der Waals surface area contributed by atoms with Gasteiger partial charge in [0.05, 0.1) is 5.71 Å². The van der Waals surface area contributed by atoms with Crippen molar-refractivity contribution < 1.29 is 0 Å². The van der Waals surface area contributed by atoms with Gasteiger partial charge in [0, 0.05) is 5.56 Å². The second-order valence-corrected chi connectivity index (χ2v) is 11.1. The lowest BCUT2D eigenvalue weighted by Gasteiger charge is -2.20. The van der Waals surface area contributed by atoms with E-state index in [0.29, 0.717) is 5.71 Å². The van der Waals surface area contributed by atoms with Gasteiger partial charge in [-0.15, -0.1) is 13.2 Å². The molecule has 0 saturated heterocycles. The van der Waals surface area contributed by atoms with Crippen LogP contribution in [0, 0.1) is 12.3 Å². The van der Waals surface area contributed by atoms with Crippen molar-refractivity contribution in [2.45, 2.75) is 13.8 Å². The molecule has 7 aromatic carbocycles. The van der Waals surface area contributed by atoms with Gasteiger partial charge in [-0.3, -0.25) is 0 Å². The van der Waals surface area contributed by atoms with Crippen molar-refractivity contribution >= 4 is 38.0 Å². The van der Waals surface area contributed by atoms with E-state index in [1.165, 1.54) is 65.7 Å². The molecule has 1 N–H and O–H groups in total. The van der Waals surface area contributed by atoms with Crippen LogP contribution in [0.25, 0.3) is 65.7 Å². The van der Waals surface area contributed by atoms with Crippen LogP contribution in [0.4, 0.5) is 0 Å². The largest absolute Gasteiger partial charge is 0.300 e. The summed E-state index contributed by atoms with van der Waals surface area (Å²) in [7, 11) is 0. The molecular weight excluding hydrogens is 530 g/mol. The van der Waals surface area contributed by atoms with Crippen LogP contribution < -0.4 is 0 Å². The number of hydrogen-bond acceptors (Lipinski definition) is 1. The molecule has 1 heteroatoms. The van der Waals surface area contributed by atoms with Gasteiger partial charge in [-0.2, -0.15) is 0 Å². The first-order chi connectivity index (χ1) is 21.5. The Morgan fingerprint density at radius 3 is 1.52 bits per heavy atom. The van der Waals surface area contributed by atoms with Crippen molar-refractivity contribution in [3.8, 4) is 33.4 Å². The van der Waals surface area contributed by atoms with Crippen LogP contribution in [0.2, 0.25) is 0 Å². The SMILES string of the molecule is C=C.C=C(C)C(=N)c1cccc(-c2c3ccccc3c(-c3ccc(-c4ccc(C)cc4)c4ccccc34)c3ccccc23)c1. The fourth-order valence-corrected chi connectivity index (χ4v) is 6.31. The van der Waals surface area contributed by atoms with Gasteiger partial charge in [0.1, 0.15) is 0 Å². The van der Waals surface area contributed by atoms with Gasteiger partial charge in [-0.05, 0) is 91.2 Å². The van der Waals surface area contributed by atoms with Crippen LogP contribution in [0.3, 0.4) is 0 Å². The number of hydrogen-bond donors (Lipinski definition) is 1. The van der Waals surface area contributed by atoms with Crippen molar-refractivity contribution in [1.82, 2.24) is 0 Å². The molecule has 0 unspecified atom stereocenters. The van der Waals surface area contributed by atoms with Gasteiger partial charge >= 0.3 is 0 Å². The molecule has 0 aromatic heterocycles. The summed E-state index contributed by atoms with van der Waals surface area (Å²) in [6.45, 7) is 14.0. The Kier molecular flexibility index (Phi) is 7.79. The fraction of sp³-hybridized carbons (Fsp3) is 0.0465. The number of allylic oxidation sites excluding steroid dienone is 1.